The molecule has 0 aliphatic carbocycles. The standard InChI is InChI=1S/C43H68O4Si2/c1-42(2,3)48(8,9)46-37-28-20-18-16-14-12-10-11-13-15-17-19-23-30-38(31-29-36-41(44)45-7)47-49(43(4,5)6,39-32-24-21-25-33-39)40-34-26-22-27-35-40/h11,13,17,19,21-27,30,32-35,38H,10,12,14-16,18,20,28-29,31,36-37H2,1-9H3/b13-11-,19-17-,30-23+/t38-/m1/s1. The SMILES string of the molecule is COC(=O)CCC[C@@H](/C=C/C=C\C/C=C\CCCCCCCCO[Si](C)(C)C(C)(C)C)O[Si](c1ccccc1)(c1ccccc1)C(C)(C)C. The largest absolute Gasteiger partial charge is 0.469 e. The Balaban J connectivity index is 1.92. The molecule has 6 heteroatoms. The van der Waals surface area contributed by atoms with E-state index in [9.17, 15) is 4.79 Å². The summed E-state index contributed by atoms with van der Waals surface area (Å²) < 4.78 is 18.6. The Morgan fingerprint density at radius 3 is 1.84 bits per heavy atom. The van der Waals surface area contributed by atoms with Gasteiger partial charge in [-0.2, -0.15) is 0 Å². The van der Waals surface area contributed by atoms with Gasteiger partial charge in [0.05, 0.1) is 13.2 Å². The van der Waals surface area contributed by atoms with Gasteiger partial charge in [0.1, 0.15) is 0 Å². The molecule has 0 aliphatic heterocycles. The number of esters is 1. The van der Waals surface area contributed by atoms with Crippen molar-refractivity contribution in [3.8, 4) is 0 Å². The predicted molar refractivity (Wildman–Crippen MR) is 216 cm³/mol. The van der Waals surface area contributed by atoms with Gasteiger partial charge in [-0.3, -0.25) is 4.79 Å². The van der Waals surface area contributed by atoms with Gasteiger partial charge in [0.25, 0.3) is 8.32 Å². The van der Waals surface area contributed by atoms with Gasteiger partial charge in [0.2, 0.25) is 0 Å². The Hall–Kier alpha value is -2.52. The lowest BCUT2D eigenvalue weighted by molar-refractivity contribution is -0.140. The average molecular weight is 705 g/mol. The van der Waals surface area contributed by atoms with Crippen LogP contribution in [0, 0.1) is 0 Å². The summed E-state index contributed by atoms with van der Waals surface area (Å²) in [7, 11) is -2.87. The summed E-state index contributed by atoms with van der Waals surface area (Å²) in [5.74, 6) is -0.178. The van der Waals surface area contributed by atoms with Crippen LogP contribution < -0.4 is 10.4 Å². The number of hydrogen-bond acceptors (Lipinski definition) is 4. The number of ether oxygens (including phenoxy) is 1. The highest BCUT2D eigenvalue weighted by Crippen LogP contribution is 2.38. The smallest absolute Gasteiger partial charge is 0.305 e. The second-order valence-electron chi connectivity index (χ2n) is 15.8. The molecule has 272 valence electrons. The maximum Gasteiger partial charge on any atom is 0.305 e. The van der Waals surface area contributed by atoms with Crippen molar-refractivity contribution >= 4 is 33.0 Å². The van der Waals surface area contributed by atoms with Gasteiger partial charge in [-0.25, -0.2) is 0 Å². The van der Waals surface area contributed by atoms with Crippen LogP contribution in [0.4, 0.5) is 0 Å². The third-order valence-electron chi connectivity index (χ3n) is 9.89. The maximum absolute atomic E-state index is 11.9. The first-order chi connectivity index (χ1) is 23.2. The Morgan fingerprint density at radius 2 is 1.29 bits per heavy atom. The van der Waals surface area contributed by atoms with Crippen molar-refractivity contribution in [1.82, 2.24) is 0 Å². The number of rotatable bonds is 22. The molecule has 0 heterocycles. The molecule has 0 amide bonds. The van der Waals surface area contributed by atoms with E-state index in [0.29, 0.717) is 17.9 Å². The molecule has 0 spiro atoms. The highest BCUT2D eigenvalue weighted by Gasteiger charge is 2.51. The first-order valence-electron chi connectivity index (χ1n) is 18.7. The number of carbonyl (C=O) groups excluding carboxylic acids is 1. The van der Waals surface area contributed by atoms with Crippen molar-refractivity contribution in [3.63, 3.8) is 0 Å². The summed E-state index contributed by atoms with van der Waals surface area (Å²) in [6.45, 7) is 19.4. The zero-order chi connectivity index (χ0) is 36.2. The Kier molecular flexibility index (Phi) is 18.8. The molecule has 2 aromatic carbocycles. The molecule has 0 N–H and O–H groups in total. The number of methoxy groups -OCH3 is 1. The van der Waals surface area contributed by atoms with E-state index in [1.807, 2.05) is 0 Å². The lowest BCUT2D eigenvalue weighted by Crippen LogP contribution is -2.67. The first kappa shape index (κ1) is 42.7. The summed E-state index contributed by atoms with van der Waals surface area (Å²) in [6, 6.07) is 21.5. The highest BCUT2D eigenvalue weighted by molar-refractivity contribution is 6.99. The molecule has 0 aromatic heterocycles. The number of hydrogen-bond donors (Lipinski definition) is 0. The number of unbranched alkanes of at least 4 members (excludes halogenated alkanes) is 6. The van der Waals surface area contributed by atoms with Gasteiger partial charge in [0.15, 0.2) is 8.32 Å². The Morgan fingerprint density at radius 1 is 0.714 bits per heavy atom. The molecule has 1 atom stereocenters. The zero-order valence-electron chi connectivity index (χ0n) is 32.4. The topological polar surface area (TPSA) is 44.8 Å². The molecule has 0 unspecified atom stereocenters. The van der Waals surface area contributed by atoms with Crippen LogP contribution in [0.15, 0.2) is 97.1 Å². The monoisotopic (exact) mass is 704 g/mol. The van der Waals surface area contributed by atoms with E-state index in [2.05, 4.69) is 152 Å². The summed E-state index contributed by atoms with van der Waals surface area (Å²) >= 11 is 0. The fraction of sp³-hybridized carbons (Fsp3) is 0.558. The number of benzene rings is 2. The second-order valence-corrected chi connectivity index (χ2v) is 24.9. The minimum atomic E-state index is -2.73. The van der Waals surface area contributed by atoms with Crippen LogP contribution in [-0.4, -0.2) is 42.4 Å². The average Bonchev–Trinajstić information content (AvgIpc) is 3.06. The van der Waals surface area contributed by atoms with Crippen LogP contribution in [0.3, 0.4) is 0 Å². The van der Waals surface area contributed by atoms with E-state index in [4.69, 9.17) is 13.6 Å². The van der Waals surface area contributed by atoms with E-state index in [1.165, 1.54) is 56.0 Å². The van der Waals surface area contributed by atoms with Crippen molar-refractivity contribution in [2.75, 3.05) is 13.7 Å². The fourth-order valence-corrected chi connectivity index (χ4v) is 11.7. The van der Waals surface area contributed by atoms with E-state index in [1.54, 1.807) is 0 Å². The van der Waals surface area contributed by atoms with E-state index in [-0.39, 0.29) is 17.1 Å². The number of carbonyl (C=O) groups is 1. The van der Waals surface area contributed by atoms with Gasteiger partial charge in [-0.05, 0) is 72.1 Å². The van der Waals surface area contributed by atoms with E-state index < -0.39 is 16.6 Å². The Labute approximate surface area is 302 Å². The fourth-order valence-electron chi connectivity index (χ4n) is 5.92. The van der Waals surface area contributed by atoms with Crippen LogP contribution in [0.2, 0.25) is 23.2 Å². The van der Waals surface area contributed by atoms with Crippen molar-refractivity contribution in [3.05, 3.63) is 97.1 Å². The third-order valence-corrected chi connectivity index (χ3v) is 19.5. The van der Waals surface area contributed by atoms with Gasteiger partial charge in [-0.1, -0.05) is 164 Å². The molecule has 0 bridgehead atoms. The van der Waals surface area contributed by atoms with E-state index in [0.717, 1.165) is 25.9 Å². The minimum absolute atomic E-state index is 0.121. The highest BCUT2D eigenvalue weighted by atomic mass is 28.4. The van der Waals surface area contributed by atoms with Crippen molar-refractivity contribution in [2.24, 2.45) is 0 Å². The molecule has 0 saturated carbocycles. The molecule has 49 heavy (non-hydrogen) atoms. The molecule has 0 aliphatic rings. The third kappa shape index (κ3) is 14.7. The number of allylic oxidation sites excluding steroid dienone is 5. The summed E-state index contributed by atoms with van der Waals surface area (Å²) in [5, 5.41) is 2.69. The lowest BCUT2D eigenvalue weighted by Gasteiger charge is -2.44. The molecule has 0 fully saturated rings. The van der Waals surface area contributed by atoms with Gasteiger partial charge >= 0.3 is 5.97 Å². The normalized spacial score (nSPS) is 13.9. The minimum Gasteiger partial charge on any atom is -0.469 e. The lowest BCUT2D eigenvalue weighted by atomic mass is 10.1. The van der Waals surface area contributed by atoms with Crippen LogP contribution in [-0.2, 0) is 18.4 Å². The predicted octanol–water partition coefficient (Wildman–Crippen LogP) is 11.1. The molecule has 2 aromatic rings. The summed E-state index contributed by atoms with van der Waals surface area (Å²) in [6.07, 6.45) is 24.6. The summed E-state index contributed by atoms with van der Waals surface area (Å²) in [5.41, 5.74) is 0. The maximum atomic E-state index is 11.9. The van der Waals surface area contributed by atoms with Crippen LogP contribution >= 0.6 is 0 Å². The van der Waals surface area contributed by atoms with Crippen LogP contribution in [0.5, 0.6) is 0 Å². The van der Waals surface area contributed by atoms with Crippen molar-refractivity contribution in [2.45, 2.75) is 141 Å². The second kappa shape index (κ2) is 21.6. The zero-order valence-corrected chi connectivity index (χ0v) is 34.4. The molecule has 0 saturated heterocycles. The molecular weight excluding hydrogens is 637 g/mol. The molecule has 0 radical (unpaired) electrons. The molecular formula is C43H68O4Si2. The summed E-state index contributed by atoms with van der Waals surface area (Å²) in [4.78, 5) is 11.9. The van der Waals surface area contributed by atoms with Gasteiger partial charge < -0.3 is 13.6 Å². The van der Waals surface area contributed by atoms with Gasteiger partial charge in [0, 0.05) is 13.0 Å². The van der Waals surface area contributed by atoms with Crippen molar-refractivity contribution < 1.29 is 18.4 Å². The Bertz CT molecular complexity index is 1230. The van der Waals surface area contributed by atoms with Crippen LogP contribution in [0.1, 0.15) is 112 Å². The quantitative estimate of drug-likeness (QED) is 0.0402. The first-order valence-corrected chi connectivity index (χ1v) is 23.5. The molecule has 2 rings (SSSR count). The van der Waals surface area contributed by atoms with Gasteiger partial charge in [-0.15, -0.1) is 0 Å². The van der Waals surface area contributed by atoms with Crippen LogP contribution in [0.25, 0.3) is 0 Å². The van der Waals surface area contributed by atoms with E-state index >= 15 is 0 Å². The van der Waals surface area contributed by atoms with Crippen molar-refractivity contribution in [1.29, 1.82) is 0 Å². The molecule has 4 nitrogen and oxygen atoms in total.